The van der Waals surface area contributed by atoms with Gasteiger partial charge in [0, 0.05) is 9.86 Å². The van der Waals surface area contributed by atoms with Gasteiger partial charge in [-0.3, -0.25) is 10.6 Å². The Labute approximate surface area is 185 Å². The van der Waals surface area contributed by atoms with E-state index < -0.39 is 23.4 Å². The van der Waals surface area contributed by atoms with E-state index in [2.05, 4.69) is 31.6 Å². The van der Waals surface area contributed by atoms with Crippen molar-refractivity contribution >= 4 is 44.8 Å². The van der Waals surface area contributed by atoms with Gasteiger partial charge in [-0.15, -0.1) is 0 Å². The molecule has 8 heteroatoms. The van der Waals surface area contributed by atoms with Gasteiger partial charge >= 0.3 is 12.2 Å². The third-order valence-corrected chi connectivity index (χ3v) is 4.25. The monoisotopic (exact) mass is 477 g/mol. The van der Waals surface area contributed by atoms with Gasteiger partial charge in [-0.25, -0.2) is 14.6 Å². The van der Waals surface area contributed by atoms with Crippen molar-refractivity contribution in [3.8, 4) is 0 Å². The van der Waals surface area contributed by atoms with Gasteiger partial charge in [0.25, 0.3) is 0 Å². The van der Waals surface area contributed by atoms with Gasteiger partial charge < -0.3 is 9.47 Å². The Morgan fingerprint density at radius 1 is 0.900 bits per heavy atom. The molecular weight excluding hydrogens is 450 g/mol. The predicted molar refractivity (Wildman–Crippen MR) is 122 cm³/mol. The molecule has 0 radical (unpaired) electrons. The van der Waals surface area contributed by atoms with Crippen LogP contribution in [0.5, 0.6) is 0 Å². The highest BCUT2D eigenvalue weighted by molar-refractivity contribution is 9.10. The van der Waals surface area contributed by atoms with E-state index in [1.54, 1.807) is 41.5 Å². The van der Waals surface area contributed by atoms with Crippen LogP contribution in [0.3, 0.4) is 0 Å². The highest BCUT2D eigenvalue weighted by Crippen LogP contribution is 2.27. The molecule has 0 bridgehead atoms. The van der Waals surface area contributed by atoms with Crippen LogP contribution in [0, 0.1) is 0 Å². The molecule has 0 aliphatic rings. The fourth-order valence-electron chi connectivity index (χ4n) is 2.58. The van der Waals surface area contributed by atoms with Crippen LogP contribution >= 0.6 is 15.9 Å². The van der Waals surface area contributed by atoms with Crippen molar-refractivity contribution in [1.29, 1.82) is 0 Å². The van der Waals surface area contributed by atoms with Crippen molar-refractivity contribution in [3.63, 3.8) is 0 Å². The van der Waals surface area contributed by atoms with E-state index in [0.717, 1.165) is 20.8 Å². The summed E-state index contributed by atoms with van der Waals surface area (Å²) in [7, 11) is 0. The number of aliphatic imine (C=N–C) groups is 1. The van der Waals surface area contributed by atoms with Gasteiger partial charge in [0.15, 0.2) is 0 Å². The quantitative estimate of drug-likeness (QED) is 0.440. The first kappa shape index (κ1) is 23.7. The Morgan fingerprint density at radius 2 is 1.40 bits per heavy atom. The molecule has 0 aliphatic heterocycles. The number of guanidine groups is 1. The Kier molecular flexibility index (Phi) is 7.47. The Balaban J connectivity index is 2.28. The number of carbonyl (C=O) groups excluding carboxylic acids is 2. The number of benzene rings is 2. The summed E-state index contributed by atoms with van der Waals surface area (Å²) in [5.74, 6) is -0.0532. The molecule has 0 spiro atoms. The van der Waals surface area contributed by atoms with Crippen molar-refractivity contribution in [2.45, 2.75) is 59.3 Å². The molecule has 2 aromatic rings. The Hall–Kier alpha value is -2.61. The predicted octanol–water partition coefficient (Wildman–Crippen LogP) is 5.51. The van der Waals surface area contributed by atoms with E-state index in [1.165, 1.54) is 0 Å². The van der Waals surface area contributed by atoms with Gasteiger partial charge in [-0.05, 0) is 58.6 Å². The fraction of sp³-hybridized carbons (Fsp3) is 0.409. The number of hydrogen-bond donors (Lipinski definition) is 2. The first-order valence-corrected chi connectivity index (χ1v) is 10.3. The van der Waals surface area contributed by atoms with Gasteiger partial charge in [0.05, 0.1) is 6.54 Å². The minimum atomic E-state index is -0.726. The van der Waals surface area contributed by atoms with Crippen LogP contribution in [-0.4, -0.2) is 29.3 Å². The van der Waals surface area contributed by atoms with E-state index in [4.69, 9.17) is 9.47 Å². The van der Waals surface area contributed by atoms with Gasteiger partial charge in [0.1, 0.15) is 11.2 Å². The number of alkyl carbamates (subject to hydrolysis) is 2. The molecule has 162 valence electrons. The van der Waals surface area contributed by atoms with E-state index in [0.29, 0.717) is 0 Å². The molecule has 0 saturated heterocycles. The zero-order valence-electron chi connectivity index (χ0n) is 18.1. The van der Waals surface area contributed by atoms with Crippen LogP contribution in [0.15, 0.2) is 45.9 Å². The minimum Gasteiger partial charge on any atom is -0.444 e. The van der Waals surface area contributed by atoms with E-state index in [-0.39, 0.29) is 12.5 Å². The number of carbonyl (C=O) groups is 2. The zero-order valence-corrected chi connectivity index (χ0v) is 19.7. The lowest BCUT2D eigenvalue weighted by molar-refractivity contribution is 0.0545. The second-order valence-corrected chi connectivity index (χ2v) is 9.53. The van der Waals surface area contributed by atoms with Crippen LogP contribution in [0.1, 0.15) is 47.1 Å². The van der Waals surface area contributed by atoms with Crippen molar-refractivity contribution in [3.05, 3.63) is 46.4 Å². The number of rotatable bonds is 2. The van der Waals surface area contributed by atoms with Crippen molar-refractivity contribution in [2.75, 3.05) is 0 Å². The van der Waals surface area contributed by atoms with Gasteiger partial charge in [0.2, 0.25) is 5.96 Å². The van der Waals surface area contributed by atoms with Crippen LogP contribution in [0.25, 0.3) is 10.8 Å². The van der Waals surface area contributed by atoms with Crippen molar-refractivity contribution in [2.24, 2.45) is 4.99 Å². The largest absolute Gasteiger partial charge is 0.444 e. The number of nitrogens with one attached hydrogen (secondary N) is 2. The maximum atomic E-state index is 12.2. The summed E-state index contributed by atoms with van der Waals surface area (Å²) in [5.41, 5.74) is -0.460. The molecule has 2 aromatic carbocycles. The second-order valence-electron chi connectivity index (χ2n) is 8.67. The molecule has 0 heterocycles. The normalized spacial score (nSPS) is 11.6. The lowest BCUT2D eigenvalue weighted by Crippen LogP contribution is -2.47. The molecule has 0 fully saturated rings. The number of ether oxygens (including phenoxy) is 2. The standard InChI is InChI=1S/C22H28BrN3O4/c1-21(2,3)29-19(27)25-18(26-20(28)30-22(4,5)6)24-13-15-11-7-9-14-10-8-12-16(23)17(14)15/h7-12H,13H2,1-6H3,(H2,24,25,26,27,28). The Bertz CT molecular complexity index is 922. The number of amides is 2. The van der Waals surface area contributed by atoms with Crippen molar-refractivity contribution in [1.82, 2.24) is 10.6 Å². The van der Waals surface area contributed by atoms with Gasteiger partial charge in [-0.2, -0.15) is 0 Å². The summed E-state index contributed by atoms with van der Waals surface area (Å²) < 4.78 is 11.5. The molecule has 0 aromatic heterocycles. The summed E-state index contributed by atoms with van der Waals surface area (Å²) in [4.78, 5) is 28.8. The van der Waals surface area contributed by atoms with Gasteiger partial charge in [-0.1, -0.05) is 46.3 Å². The molecule has 0 atom stereocenters. The molecule has 0 unspecified atom stereocenters. The number of halogens is 1. The summed E-state index contributed by atoms with van der Waals surface area (Å²) in [6.07, 6.45) is -1.45. The first-order valence-electron chi connectivity index (χ1n) is 9.55. The SMILES string of the molecule is CC(C)(C)OC(=O)NC(=NCc1cccc2cccc(Br)c12)NC(=O)OC(C)(C)C. The highest BCUT2D eigenvalue weighted by Gasteiger charge is 2.21. The van der Waals surface area contributed by atoms with Crippen molar-refractivity contribution < 1.29 is 19.1 Å². The third-order valence-electron chi connectivity index (χ3n) is 3.59. The van der Waals surface area contributed by atoms with Crippen LogP contribution in [-0.2, 0) is 16.0 Å². The van der Waals surface area contributed by atoms with E-state index >= 15 is 0 Å². The number of nitrogens with zero attached hydrogens (tertiary/aromatic N) is 1. The second kappa shape index (κ2) is 9.47. The van der Waals surface area contributed by atoms with Crippen LogP contribution < -0.4 is 10.6 Å². The molecule has 30 heavy (non-hydrogen) atoms. The number of fused-ring (bicyclic) bond motifs is 1. The maximum absolute atomic E-state index is 12.2. The van der Waals surface area contributed by atoms with Crippen LogP contribution in [0.2, 0.25) is 0 Å². The summed E-state index contributed by atoms with van der Waals surface area (Å²) in [6.45, 7) is 10.7. The zero-order chi connectivity index (χ0) is 22.5. The van der Waals surface area contributed by atoms with E-state index in [9.17, 15) is 9.59 Å². The molecule has 2 amide bonds. The first-order chi connectivity index (χ1) is 13.8. The number of hydrogen-bond acceptors (Lipinski definition) is 5. The Morgan fingerprint density at radius 3 is 1.90 bits per heavy atom. The molecule has 2 N–H and O–H groups in total. The average Bonchev–Trinajstić information content (AvgIpc) is 2.56. The minimum absolute atomic E-state index is 0.0532. The highest BCUT2D eigenvalue weighted by atomic mass is 79.9. The van der Waals surface area contributed by atoms with Crippen LogP contribution in [0.4, 0.5) is 9.59 Å². The third kappa shape index (κ3) is 7.67. The molecule has 0 saturated carbocycles. The lowest BCUT2D eigenvalue weighted by atomic mass is 10.0. The molecule has 2 rings (SSSR count). The fourth-order valence-corrected chi connectivity index (χ4v) is 3.21. The molecule has 0 aliphatic carbocycles. The average molecular weight is 478 g/mol. The smallest absolute Gasteiger partial charge is 0.414 e. The maximum Gasteiger partial charge on any atom is 0.414 e. The van der Waals surface area contributed by atoms with E-state index in [1.807, 2.05) is 36.4 Å². The molecular formula is C22H28BrN3O4. The summed E-state index contributed by atoms with van der Waals surface area (Å²) in [5, 5.41) is 7.04. The topological polar surface area (TPSA) is 89.0 Å². The summed E-state index contributed by atoms with van der Waals surface area (Å²) >= 11 is 3.57. The lowest BCUT2D eigenvalue weighted by Gasteiger charge is -2.22. The molecule has 7 nitrogen and oxygen atoms in total. The summed E-state index contributed by atoms with van der Waals surface area (Å²) in [6, 6.07) is 11.8.